The Morgan fingerprint density at radius 1 is 1.40 bits per heavy atom. The van der Waals surface area contributed by atoms with Gasteiger partial charge in [0.2, 0.25) is 0 Å². The van der Waals surface area contributed by atoms with E-state index in [9.17, 15) is 13.6 Å². The molecule has 0 radical (unpaired) electrons. The highest BCUT2D eigenvalue weighted by atomic mass is 19.1. The van der Waals surface area contributed by atoms with Gasteiger partial charge in [-0.1, -0.05) is 0 Å². The number of nitriles is 1. The van der Waals surface area contributed by atoms with Crippen LogP contribution in [0, 0.1) is 23.0 Å². The lowest BCUT2D eigenvalue weighted by molar-refractivity contribution is -0.108. The zero-order chi connectivity index (χ0) is 11.3. The topological polar surface area (TPSA) is 50.1 Å². The Morgan fingerprint density at radius 3 is 2.47 bits per heavy atom. The number of nitrogens with zero attached hydrogens (tertiary/aromatic N) is 1. The van der Waals surface area contributed by atoms with Gasteiger partial charge in [-0.2, -0.15) is 5.26 Å². The first-order valence-corrected chi connectivity index (χ1v) is 4.14. The lowest BCUT2D eigenvalue weighted by atomic mass is 10.2. The zero-order valence-electron chi connectivity index (χ0n) is 7.67. The Morgan fingerprint density at radius 2 is 2.00 bits per heavy atom. The second kappa shape index (κ2) is 5.05. The van der Waals surface area contributed by atoms with Crippen LogP contribution in [-0.2, 0) is 4.79 Å². The maximum Gasteiger partial charge on any atom is 0.147 e. The molecule has 0 spiro atoms. The van der Waals surface area contributed by atoms with Gasteiger partial charge in [-0.15, -0.1) is 0 Å². The lowest BCUT2D eigenvalue weighted by Gasteiger charge is -2.05. The summed E-state index contributed by atoms with van der Waals surface area (Å²) in [7, 11) is 0. The lowest BCUT2D eigenvalue weighted by Crippen LogP contribution is -2.00. The largest absolute Gasteiger partial charge is 0.493 e. The quantitative estimate of drug-likeness (QED) is 0.563. The number of carbonyl (C=O) groups excluding carboxylic acids is 1. The molecule has 78 valence electrons. The monoisotopic (exact) mass is 211 g/mol. The van der Waals surface area contributed by atoms with Crippen molar-refractivity contribution in [1.29, 1.82) is 5.26 Å². The fourth-order valence-corrected chi connectivity index (χ4v) is 0.965. The molecule has 0 bridgehead atoms. The van der Waals surface area contributed by atoms with E-state index in [2.05, 4.69) is 0 Å². The van der Waals surface area contributed by atoms with E-state index in [0.29, 0.717) is 6.29 Å². The molecule has 0 aliphatic rings. The molecule has 0 aliphatic carbocycles. The molecule has 1 aromatic rings. The Labute approximate surface area is 84.9 Å². The molecule has 0 saturated carbocycles. The summed E-state index contributed by atoms with van der Waals surface area (Å²) in [5.41, 5.74) is -0.641. The molecule has 3 nitrogen and oxygen atoms in total. The number of carbonyl (C=O) groups is 1. The summed E-state index contributed by atoms with van der Waals surface area (Å²) in [5.74, 6) is -1.98. The van der Waals surface area contributed by atoms with E-state index < -0.39 is 17.2 Å². The first-order chi connectivity index (χ1) is 7.19. The van der Waals surface area contributed by atoms with Crippen molar-refractivity contribution in [2.24, 2.45) is 0 Å². The number of rotatable bonds is 4. The predicted octanol–water partition coefficient (Wildman–Crippen LogP) is 1.80. The second-order valence-electron chi connectivity index (χ2n) is 2.68. The molecule has 5 heteroatoms. The van der Waals surface area contributed by atoms with Gasteiger partial charge < -0.3 is 9.53 Å². The highest BCUT2D eigenvalue weighted by Crippen LogP contribution is 2.19. The molecule has 0 heterocycles. The molecule has 1 rings (SSSR count). The average Bonchev–Trinajstić information content (AvgIpc) is 2.18. The van der Waals surface area contributed by atoms with Gasteiger partial charge in [0.05, 0.1) is 6.61 Å². The van der Waals surface area contributed by atoms with E-state index >= 15 is 0 Å². The van der Waals surface area contributed by atoms with Crippen molar-refractivity contribution in [3.63, 3.8) is 0 Å². The van der Waals surface area contributed by atoms with Crippen molar-refractivity contribution < 1.29 is 18.3 Å². The summed E-state index contributed by atoms with van der Waals surface area (Å²) in [6, 6.07) is 3.21. The molecule has 0 amide bonds. The standard InChI is InChI=1S/C10H7F2NO2/c11-9-4-7(15-3-1-2-14)5-10(12)8(9)6-13/h2,4-5H,1,3H2. The van der Waals surface area contributed by atoms with Gasteiger partial charge in [-0.25, -0.2) is 8.78 Å². The van der Waals surface area contributed by atoms with Crippen LogP contribution in [0.1, 0.15) is 12.0 Å². The van der Waals surface area contributed by atoms with E-state index in [1.54, 1.807) is 0 Å². The maximum absolute atomic E-state index is 13.0. The van der Waals surface area contributed by atoms with E-state index in [1.165, 1.54) is 6.07 Å². The van der Waals surface area contributed by atoms with Crippen LogP contribution >= 0.6 is 0 Å². The van der Waals surface area contributed by atoms with Crippen LogP contribution in [0.3, 0.4) is 0 Å². The number of aldehydes is 1. The van der Waals surface area contributed by atoms with Crippen molar-refractivity contribution >= 4 is 6.29 Å². The average molecular weight is 211 g/mol. The molecular weight excluding hydrogens is 204 g/mol. The fourth-order valence-electron chi connectivity index (χ4n) is 0.965. The minimum absolute atomic E-state index is 0.0362. The summed E-state index contributed by atoms with van der Waals surface area (Å²) >= 11 is 0. The van der Waals surface area contributed by atoms with Crippen LogP contribution in [0.5, 0.6) is 5.75 Å². The molecular formula is C10H7F2NO2. The SMILES string of the molecule is N#Cc1c(F)cc(OCCC=O)cc1F. The van der Waals surface area contributed by atoms with E-state index in [0.717, 1.165) is 12.1 Å². The number of benzene rings is 1. The highest BCUT2D eigenvalue weighted by molar-refractivity contribution is 5.49. The molecule has 1 aromatic carbocycles. The van der Waals surface area contributed by atoms with Crippen LogP contribution < -0.4 is 4.74 Å². The summed E-state index contributed by atoms with van der Waals surface area (Å²) < 4.78 is 30.9. The molecule has 0 aliphatic heterocycles. The molecule has 0 N–H and O–H groups in total. The molecule has 0 atom stereocenters. The molecule has 0 saturated heterocycles. The Kier molecular flexibility index (Phi) is 3.75. The number of halogens is 2. The minimum Gasteiger partial charge on any atom is -0.493 e. The van der Waals surface area contributed by atoms with Gasteiger partial charge in [0.1, 0.15) is 35.3 Å². The molecule has 0 fully saturated rings. The Bertz CT molecular complexity index is 389. The van der Waals surface area contributed by atoms with Crippen LogP contribution in [0.2, 0.25) is 0 Å². The number of ether oxygens (including phenoxy) is 1. The van der Waals surface area contributed by atoms with Crippen molar-refractivity contribution in [3.05, 3.63) is 29.3 Å². The summed E-state index contributed by atoms with van der Waals surface area (Å²) in [6.07, 6.45) is 0.777. The molecule has 0 aromatic heterocycles. The molecule has 15 heavy (non-hydrogen) atoms. The van der Waals surface area contributed by atoms with Crippen molar-refractivity contribution in [2.45, 2.75) is 6.42 Å². The Hall–Kier alpha value is -1.96. The predicted molar refractivity (Wildman–Crippen MR) is 47.2 cm³/mol. The summed E-state index contributed by atoms with van der Waals surface area (Å²) in [4.78, 5) is 9.96. The fraction of sp³-hybridized carbons (Fsp3) is 0.200. The number of hydrogen-bond acceptors (Lipinski definition) is 3. The van der Waals surface area contributed by atoms with Gasteiger partial charge in [0.15, 0.2) is 0 Å². The van der Waals surface area contributed by atoms with Crippen LogP contribution in [0.4, 0.5) is 8.78 Å². The minimum atomic E-state index is -0.974. The van der Waals surface area contributed by atoms with Crippen molar-refractivity contribution in [2.75, 3.05) is 6.61 Å². The first-order valence-electron chi connectivity index (χ1n) is 4.14. The van der Waals surface area contributed by atoms with E-state index in [1.807, 2.05) is 0 Å². The highest BCUT2D eigenvalue weighted by Gasteiger charge is 2.10. The van der Waals surface area contributed by atoms with E-state index in [4.69, 9.17) is 10.00 Å². The molecule has 0 unspecified atom stereocenters. The maximum atomic E-state index is 13.0. The third kappa shape index (κ3) is 2.74. The normalized spacial score (nSPS) is 9.40. The van der Waals surface area contributed by atoms with Crippen molar-refractivity contribution in [3.8, 4) is 11.8 Å². The van der Waals surface area contributed by atoms with Crippen LogP contribution in [-0.4, -0.2) is 12.9 Å². The van der Waals surface area contributed by atoms with Gasteiger partial charge in [-0.3, -0.25) is 0 Å². The summed E-state index contributed by atoms with van der Waals surface area (Å²) in [6.45, 7) is 0.0499. The second-order valence-corrected chi connectivity index (χ2v) is 2.68. The summed E-state index contributed by atoms with van der Waals surface area (Å²) in [5, 5.41) is 8.39. The van der Waals surface area contributed by atoms with E-state index in [-0.39, 0.29) is 18.8 Å². The van der Waals surface area contributed by atoms with Crippen LogP contribution in [0.15, 0.2) is 12.1 Å². The third-order valence-corrected chi connectivity index (χ3v) is 1.63. The van der Waals surface area contributed by atoms with Gasteiger partial charge in [-0.05, 0) is 0 Å². The first kappa shape index (κ1) is 11.1. The van der Waals surface area contributed by atoms with Crippen LogP contribution in [0.25, 0.3) is 0 Å². The number of hydrogen-bond donors (Lipinski definition) is 0. The Balaban J connectivity index is 2.85. The zero-order valence-corrected chi connectivity index (χ0v) is 7.67. The van der Waals surface area contributed by atoms with Crippen molar-refractivity contribution in [1.82, 2.24) is 0 Å². The smallest absolute Gasteiger partial charge is 0.147 e. The van der Waals surface area contributed by atoms with Gasteiger partial charge in [0.25, 0.3) is 0 Å². The third-order valence-electron chi connectivity index (χ3n) is 1.63. The van der Waals surface area contributed by atoms with Gasteiger partial charge >= 0.3 is 0 Å². The van der Waals surface area contributed by atoms with Gasteiger partial charge in [0, 0.05) is 18.6 Å².